The van der Waals surface area contributed by atoms with Crippen molar-refractivity contribution in [2.24, 2.45) is 5.34 Å². The Balaban J connectivity index is -0.0000000325. The van der Waals surface area contributed by atoms with Gasteiger partial charge in [-0.3, -0.25) is 0 Å². The Hall–Kier alpha value is 0.588. The Bertz CT molecular complexity index is 51.6. The number of hydrogen-bond donors (Lipinski definition) is 0. The average Bonchev–Trinajstić information content (AvgIpc) is 1.91. The van der Waals surface area contributed by atoms with Gasteiger partial charge in [-0.05, 0) is 0 Å². The van der Waals surface area contributed by atoms with Gasteiger partial charge >= 0.3 is 35.3 Å². The molecule has 0 amide bonds. The number of nitrogens with zero attached hydrogens (tertiary/aromatic N) is 1. The van der Waals surface area contributed by atoms with Gasteiger partial charge < -0.3 is 28.2 Å². The van der Waals surface area contributed by atoms with Gasteiger partial charge in [-0.25, -0.2) is 6.42 Å². The van der Waals surface area contributed by atoms with E-state index < -0.39 is 16.5 Å². The molecule has 11 heavy (non-hydrogen) atoms. The molecule has 74 valence electrons. The summed E-state index contributed by atoms with van der Waals surface area (Å²) in [7, 11) is 9.75. The maximum absolute atomic E-state index is 8.00. The van der Waals surface area contributed by atoms with Crippen molar-refractivity contribution in [3.8, 4) is 0 Å². The third-order valence-corrected chi connectivity index (χ3v) is 0.177. The Labute approximate surface area is 81.9 Å². The SMILES string of the molecule is O.O=N[O-].[CH2-]CC[NH-].[Cl][Pt+2][Cl]. The van der Waals surface area contributed by atoms with Crippen molar-refractivity contribution in [3.63, 3.8) is 0 Å². The Kier molecular flexibility index (Phi) is 94.8. The minimum atomic E-state index is -0.472. The van der Waals surface area contributed by atoms with Crippen molar-refractivity contribution >= 4 is 18.8 Å². The quantitative estimate of drug-likeness (QED) is 0.390. The van der Waals surface area contributed by atoms with Gasteiger partial charge in [0.15, 0.2) is 0 Å². The summed E-state index contributed by atoms with van der Waals surface area (Å²) in [5.74, 6) is 0. The van der Waals surface area contributed by atoms with Gasteiger partial charge in [-0.1, -0.05) is 0 Å². The zero-order valence-corrected chi connectivity index (χ0v) is 9.24. The van der Waals surface area contributed by atoms with Crippen molar-refractivity contribution < 1.29 is 22.0 Å². The molecule has 8 heteroatoms. The van der Waals surface area contributed by atoms with Crippen LogP contribution in [0.1, 0.15) is 6.42 Å². The second-order valence-corrected chi connectivity index (χ2v) is 4.01. The van der Waals surface area contributed by atoms with Crippen molar-refractivity contribution in [1.29, 1.82) is 0 Å². The summed E-state index contributed by atoms with van der Waals surface area (Å²) < 4.78 is 0. The van der Waals surface area contributed by atoms with Crippen molar-refractivity contribution in [3.05, 3.63) is 22.8 Å². The van der Waals surface area contributed by atoms with Gasteiger partial charge in [0.2, 0.25) is 0 Å². The molecule has 0 aliphatic heterocycles. The second-order valence-electron chi connectivity index (χ2n) is 0.723. The summed E-state index contributed by atoms with van der Waals surface area (Å²) in [6.45, 7) is 3.88. The molecule has 0 fully saturated rings. The fourth-order valence-electron chi connectivity index (χ4n) is 0. The number of halogens is 2. The molecule has 0 saturated carbocycles. The first-order valence-corrected chi connectivity index (χ1v) is 7.59. The fraction of sp³-hybridized carbons (Fsp3) is 0.667. The molecule has 0 bridgehead atoms. The first-order valence-electron chi connectivity index (χ1n) is 1.96. The Morgan fingerprint density at radius 3 is 1.73 bits per heavy atom. The van der Waals surface area contributed by atoms with E-state index in [4.69, 9.17) is 34.7 Å². The van der Waals surface area contributed by atoms with Crippen LogP contribution >= 0.6 is 18.8 Å². The van der Waals surface area contributed by atoms with Gasteiger partial charge in [0.05, 0.1) is 0 Å². The molecule has 0 atom stereocenters. The van der Waals surface area contributed by atoms with Gasteiger partial charge in [-0.2, -0.15) is 6.54 Å². The van der Waals surface area contributed by atoms with E-state index >= 15 is 0 Å². The van der Waals surface area contributed by atoms with Crippen LogP contribution in [0.25, 0.3) is 5.73 Å². The van der Waals surface area contributed by atoms with E-state index in [2.05, 4.69) is 6.92 Å². The van der Waals surface area contributed by atoms with E-state index in [0.717, 1.165) is 11.8 Å². The summed E-state index contributed by atoms with van der Waals surface area (Å²) in [4.78, 5) is 8.00. The zero-order chi connectivity index (χ0) is 8.83. The molecule has 0 aromatic carbocycles. The van der Waals surface area contributed by atoms with Crippen molar-refractivity contribution in [2.45, 2.75) is 6.42 Å². The van der Waals surface area contributed by atoms with Crippen LogP contribution in [0.4, 0.5) is 0 Å². The number of nitrogens with one attached hydrogen (secondary N) is 1. The molecule has 0 heterocycles. The number of hydrogen-bond acceptors (Lipinski definition) is 3. The van der Waals surface area contributed by atoms with Gasteiger partial charge in [0.25, 0.3) is 0 Å². The molecule has 0 aromatic heterocycles. The summed E-state index contributed by atoms with van der Waals surface area (Å²) in [5.41, 5.74) is 6.39. The maximum atomic E-state index is 8.00. The van der Waals surface area contributed by atoms with E-state index in [1.165, 1.54) is 0 Å². The molecule has 0 unspecified atom stereocenters. The third kappa shape index (κ3) is 310. The first kappa shape index (κ1) is 22.6. The van der Waals surface area contributed by atoms with Gasteiger partial charge in [0.1, 0.15) is 0 Å². The molecule has 0 rings (SSSR count). The van der Waals surface area contributed by atoms with Crippen LogP contribution in [0.2, 0.25) is 0 Å². The van der Waals surface area contributed by atoms with Crippen LogP contribution in [0.5, 0.6) is 0 Å². The summed E-state index contributed by atoms with van der Waals surface area (Å²) in [6.07, 6.45) is 0.736. The van der Waals surface area contributed by atoms with E-state index in [-0.39, 0.29) is 5.48 Å². The third-order valence-electron chi connectivity index (χ3n) is 0.177. The molecule has 0 aliphatic carbocycles. The molecular weight excluding hydrogens is 378 g/mol. The van der Waals surface area contributed by atoms with Crippen LogP contribution in [-0.2, 0) is 16.5 Å². The van der Waals surface area contributed by atoms with Crippen LogP contribution in [0.15, 0.2) is 5.34 Å². The van der Waals surface area contributed by atoms with Crippen LogP contribution in [0, 0.1) is 17.0 Å². The van der Waals surface area contributed by atoms with Gasteiger partial charge in [-0.15, -0.1) is 5.34 Å². The first-order chi connectivity index (χ1) is 4.74. The molecular formula is C3H9Cl2N2O3Pt-. The predicted molar refractivity (Wildman–Crippen MR) is 43.6 cm³/mol. The molecule has 0 saturated heterocycles. The Morgan fingerprint density at radius 1 is 1.64 bits per heavy atom. The standard InChI is InChI=1S/C3H7N.2ClH.HNO2.H2O.Pt/c1-2-3-4;;;2-1-3;;/h4H,1-3H2;2*1H;(H,2,3);1H2;/q-2;;;;;+4/p-3. The van der Waals surface area contributed by atoms with E-state index in [0.29, 0.717) is 6.54 Å². The summed E-state index contributed by atoms with van der Waals surface area (Å²) >= 11 is -0.472. The van der Waals surface area contributed by atoms with Crippen molar-refractivity contribution in [1.82, 2.24) is 0 Å². The number of rotatable bonds is 1. The monoisotopic (exact) mass is 386 g/mol. The topological polar surface area (TPSA) is 108 Å². The average molecular weight is 387 g/mol. The van der Waals surface area contributed by atoms with Gasteiger partial charge in [0, 0.05) is 0 Å². The van der Waals surface area contributed by atoms with Crippen LogP contribution in [-0.4, -0.2) is 12.0 Å². The molecule has 0 aliphatic rings. The summed E-state index contributed by atoms with van der Waals surface area (Å²) in [5, 5.41) is 9.00. The minimum absolute atomic E-state index is 0. The normalized spacial score (nSPS) is 5.82. The predicted octanol–water partition coefficient (Wildman–Crippen LogP) is 2.07. The zero-order valence-electron chi connectivity index (χ0n) is 5.46. The molecule has 5 nitrogen and oxygen atoms in total. The second kappa shape index (κ2) is 46.2. The molecule has 0 spiro atoms. The van der Waals surface area contributed by atoms with E-state index in [1.807, 2.05) is 0 Å². The van der Waals surface area contributed by atoms with Crippen LogP contribution < -0.4 is 0 Å². The van der Waals surface area contributed by atoms with Crippen molar-refractivity contribution in [2.75, 3.05) is 6.54 Å². The van der Waals surface area contributed by atoms with E-state index in [1.54, 1.807) is 0 Å². The van der Waals surface area contributed by atoms with Crippen LogP contribution in [0.3, 0.4) is 0 Å². The van der Waals surface area contributed by atoms with E-state index in [9.17, 15) is 0 Å². The fourth-order valence-corrected chi connectivity index (χ4v) is 0. The Morgan fingerprint density at radius 2 is 1.73 bits per heavy atom. The summed E-state index contributed by atoms with van der Waals surface area (Å²) in [6, 6.07) is 0. The molecule has 3 N–H and O–H groups in total. The molecule has 0 radical (unpaired) electrons. The molecule has 0 aromatic rings.